The molecule has 0 amide bonds. The highest BCUT2D eigenvalue weighted by molar-refractivity contribution is 7.93. The Labute approximate surface area is 156 Å². The molecule has 1 N–H and O–H groups in total. The summed E-state index contributed by atoms with van der Waals surface area (Å²) in [4.78, 5) is 3.06. The van der Waals surface area contributed by atoms with Gasteiger partial charge < -0.3 is 4.74 Å². The van der Waals surface area contributed by atoms with Gasteiger partial charge in [-0.2, -0.15) is 4.37 Å². The van der Waals surface area contributed by atoms with Crippen molar-refractivity contribution in [3.05, 3.63) is 58.6 Å². The third-order valence-electron chi connectivity index (χ3n) is 2.90. The molecule has 0 unspecified atom stereocenters. The summed E-state index contributed by atoms with van der Waals surface area (Å²) in [6, 6.07) is 8.17. The number of anilines is 1. The zero-order valence-corrected chi connectivity index (χ0v) is 15.3. The minimum absolute atomic E-state index is 0.0111. The number of rotatable bonds is 5. The minimum atomic E-state index is -4.21. The molecule has 0 aliphatic heterocycles. The molecule has 25 heavy (non-hydrogen) atoms. The monoisotopic (exact) mass is 419 g/mol. The van der Waals surface area contributed by atoms with Gasteiger partial charge in [0.2, 0.25) is 5.13 Å². The number of ether oxygens (including phenoxy) is 1. The molecule has 0 spiro atoms. The number of halogens is 3. The van der Waals surface area contributed by atoms with E-state index >= 15 is 0 Å². The normalized spacial score (nSPS) is 11.3. The third-order valence-corrected chi connectivity index (χ3v) is 5.51. The first-order chi connectivity index (χ1) is 11.8. The van der Waals surface area contributed by atoms with Crippen molar-refractivity contribution >= 4 is 49.9 Å². The van der Waals surface area contributed by atoms with Gasteiger partial charge in [-0.15, -0.1) is 0 Å². The lowest BCUT2D eigenvalue weighted by Crippen LogP contribution is -2.14. The van der Waals surface area contributed by atoms with Crippen LogP contribution in [0.1, 0.15) is 0 Å². The van der Waals surface area contributed by atoms with E-state index in [0.29, 0.717) is 10.8 Å². The first kappa shape index (κ1) is 17.9. The molecular weight excluding hydrogens is 412 g/mol. The van der Waals surface area contributed by atoms with Crippen molar-refractivity contribution in [3.63, 3.8) is 0 Å². The number of hydrogen-bond acceptors (Lipinski definition) is 6. The standard InChI is InChI=1S/C14H8Cl2FN3O3S2/c15-8-1-3-9(4-2-8)23-12-6-11(17)13(5-10(12)16)25(21,22)20-14-18-7-19-24-14/h1-7H,(H,18,19,20). The maximum atomic E-state index is 14.3. The Balaban J connectivity index is 1.90. The van der Waals surface area contributed by atoms with Gasteiger partial charge in [0.1, 0.15) is 28.5 Å². The Bertz CT molecular complexity index is 997. The molecule has 3 rings (SSSR count). The van der Waals surface area contributed by atoms with Gasteiger partial charge in [0, 0.05) is 22.6 Å². The van der Waals surface area contributed by atoms with Crippen molar-refractivity contribution in [1.29, 1.82) is 0 Å². The number of nitrogens with zero attached hydrogens (tertiary/aromatic N) is 2. The second kappa shape index (κ2) is 7.12. The summed E-state index contributed by atoms with van der Waals surface area (Å²) in [5.41, 5.74) is 0. The smallest absolute Gasteiger partial charge is 0.266 e. The summed E-state index contributed by atoms with van der Waals surface area (Å²) in [5.74, 6) is -0.685. The fourth-order valence-electron chi connectivity index (χ4n) is 1.81. The van der Waals surface area contributed by atoms with Gasteiger partial charge in [-0.1, -0.05) is 23.2 Å². The lowest BCUT2D eigenvalue weighted by atomic mass is 10.3. The highest BCUT2D eigenvalue weighted by Gasteiger charge is 2.23. The lowest BCUT2D eigenvalue weighted by molar-refractivity contribution is 0.474. The van der Waals surface area contributed by atoms with Gasteiger partial charge in [0.15, 0.2) is 0 Å². The predicted octanol–water partition coefficient (Wildman–Crippen LogP) is 4.58. The molecule has 130 valence electrons. The number of aromatic nitrogens is 2. The summed E-state index contributed by atoms with van der Waals surface area (Å²) in [5, 5.41) is 0.444. The van der Waals surface area contributed by atoms with Crippen molar-refractivity contribution in [2.45, 2.75) is 4.90 Å². The summed E-state index contributed by atoms with van der Waals surface area (Å²) < 4.78 is 50.1. The molecule has 0 radical (unpaired) electrons. The van der Waals surface area contributed by atoms with Crippen molar-refractivity contribution in [3.8, 4) is 11.5 Å². The maximum Gasteiger partial charge on any atom is 0.266 e. The SMILES string of the molecule is O=S(=O)(Nc1ncns1)c1cc(Cl)c(Oc2ccc(Cl)cc2)cc1F. The van der Waals surface area contributed by atoms with Crippen molar-refractivity contribution in [2.75, 3.05) is 4.72 Å². The Hall–Kier alpha value is -1.94. The van der Waals surface area contributed by atoms with E-state index in [4.69, 9.17) is 27.9 Å². The van der Waals surface area contributed by atoms with Gasteiger partial charge in [0.05, 0.1) is 5.02 Å². The Morgan fingerprint density at radius 1 is 1.16 bits per heavy atom. The zero-order valence-electron chi connectivity index (χ0n) is 12.1. The molecule has 0 fully saturated rings. The number of sulfonamides is 1. The largest absolute Gasteiger partial charge is 0.456 e. The van der Waals surface area contributed by atoms with Gasteiger partial charge in [-0.25, -0.2) is 17.8 Å². The first-order valence-electron chi connectivity index (χ1n) is 6.57. The average molecular weight is 420 g/mol. The third kappa shape index (κ3) is 4.18. The van der Waals surface area contributed by atoms with Crippen molar-refractivity contribution in [2.24, 2.45) is 0 Å². The van der Waals surface area contributed by atoms with Crippen LogP contribution in [0.3, 0.4) is 0 Å². The molecule has 1 aromatic heterocycles. The molecule has 3 aromatic rings. The summed E-state index contributed by atoms with van der Waals surface area (Å²) in [6.07, 6.45) is 1.18. The molecule has 6 nitrogen and oxygen atoms in total. The van der Waals surface area contributed by atoms with Crippen molar-refractivity contribution < 1.29 is 17.5 Å². The van der Waals surface area contributed by atoms with E-state index in [9.17, 15) is 12.8 Å². The van der Waals surface area contributed by atoms with Gasteiger partial charge in [-0.3, -0.25) is 4.72 Å². The van der Waals surface area contributed by atoms with Crippen LogP contribution in [-0.2, 0) is 10.0 Å². The Kier molecular flexibility index (Phi) is 5.09. The van der Waals surface area contributed by atoms with Crippen LogP contribution in [0.25, 0.3) is 0 Å². The van der Waals surface area contributed by atoms with Gasteiger partial charge in [-0.05, 0) is 30.3 Å². The van der Waals surface area contributed by atoms with E-state index in [1.54, 1.807) is 24.3 Å². The fraction of sp³-hybridized carbons (Fsp3) is 0. The first-order valence-corrected chi connectivity index (χ1v) is 9.58. The molecule has 2 aromatic carbocycles. The fourth-order valence-corrected chi connectivity index (χ4v) is 3.95. The lowest BCUT2D eigenvalue weighted by Gasteiger charge is -2.11. The predicted molar refractivity (Wildman–Crippen MR) is 93.7 cm³/mol. The quantitative estimate of drug-likeness (QED) is 0.654. The Morgan fingerprint density at radius 2 is 1.88 bits per heavy atom. The van der Waals surface area contributed by atoms with E-state index in [2.05, 4.69) is 14.1 Å². The van der Waals surface area contributed by atoms with E-state index in [1.165, 1.54) is 6.33 Å². The van der Waals surface area contributed by atoms with E-state index < -0.39 is 20.7 Å². The molecule has 11 heteroatoms. The van der Waals surface area contributed by atoms with Crippen LogP contribution in [0.2, 0.25) is 10.0 Å². The number of hydrogen-bond donors (Lipinski definition) is 1. The average Bonchev–Trinajstić information content (AvgIpc) is 3.04. The number of nitrogens with one attached hydrogen (secondary N) is 1. The second-order valence-electron chi connectivity index (χ2n) is 4.62. The van der Waals surface area contributed by atoms with Crippen LogP contribution in [0.15, 0.2) is 47.6 Å². The maximum absolute atomic E-state index is 14.3. The van der Waals surface area contributed by atoms with Crippen LogP contribution in [0, 0.1) is 5.82 Å². The van der Waals surface area contributed by atoms with E-state index in [0.717, 1.165) is 23.7 Å². The summed E-state index contributed by atoms with van der Waals surface area (Å²) >= 11 is 12.6. The van der Waals surface area contributed by atoms with Crippen LogP contribution >= 0.6 is 34.7 Å². The molecule has 0 aliphatic rings. The summed E-state index contributed by atoms with van der Waals surface area (Å²) in [7, 11) is -4.21. The molecule has 0 atom stereocenters. The Morgan fingerprint density at radius 3 is 2.52 bits per heavy atom. The molecule has 1 heterocycles. The molecule has 0 saturated carbocycles. The van der Waals surface area contributed by atoms with Gasteiger partial charge >= 0.3 is 0 Å². The van der Waals surface area contributed by atoms with Crippen LogP contribution in [0.4, 0.5) is 9.52 Å². The topological polar surface area (TPSA) is 81.2 Å². The minimum Gasteiger partial charge on any atom is -0.456 e. The van der Waals surface area contributed by atoms with E-state index in [1.807, 2.05) is 0 Å². The van der Waals surface area contributed by atoms with Crippen molar-refractivity contribution in [1.82, 2.24) is 9.36 Å². The van der Waals surface area contributed by atoms with E-state index in [-0.39, 0.29) is 15.9 Å². The second-order valence-corrected chi connectivity index (χ2v) is 7.90. The highest BCUT2D eigenvalue weighted by atomic mass is 35.5. The van der Waals surface area contributed by atoms with Crippen LogP contribution < -0.4 is 9.46 Å². The highest BCUT2D eigenvalue weighted by Crippen LogP contribution is 2.34. The van der Waals surface area contributed by atoms with Crippen LogP contribution in [0.5, 0.6) is 11.5 Å². The molecular formula is C14H8Cl2FN3O3S2. The zero-order chi connectivity index (χ0) is 18.0. The number of benzene rings is 2. The molecule has 0 saturated heterocycles. The molecule has 0 bridgehead atoms. The van der Waals surface area contributed by atoms with Gasteiger partial charge in [0.25, 0.3) is 10.0 Å². The summed E-state index contributed by atoms with van der Waals surface area (Å²) in [6.45, 7) is 0. The van der Waals surface area contributed by atoms with Crippen LogP contribution in [-0.4, -0.2) is 17.8 Å². The molecule has 0 aliphatic carbocycles.